The first-order valence-electron chi connectivity index (χ1n) is 11.7. The summed E-state index contributed by atoms with van der Waals surface area (Å²) in [6.45, 7) is 7.08. The number of aliphatic hydroxyl groups is 2. The minimum absolute atomic E-state index is 0.0119. The van der Waals surface area contributed by atoms with Crippen LogP contribution in [0.4, 0.5) is 4.79 Å². The van der Waals surface area contributed by atoms with Crippen molar-refractivity contribution in [1.82, 2.24) is 0 Å². The molecule has 7 nitrogen and oxygen atoms in total. The zero-order chi connectivity index (χ0) is 23.5. The van der Waals surface area contributed by atoms with Crippen LogP contribution >= 0.6 is 0 Å². The number of hydrogen-bond donors (Lipinski definition) is 2. The Labute approximate surface area is 188 Å². The minimum atomic E-state index is -1.70. The van der Waals surface area contributed by atoms with Crippen molar-refractivity contribution in [3.05, 3.63) is 23.8 Å². The second-order valence-electron chi connectivity index (χ2n) is 10.5. The molecular formula is C25H34O7. The lowest BCUT2D eigenvalue weighted by Crippen LogP contribution is -2.62. The summed E-state index contributed by atoms with van der Waals surface area (Å²) in [5, 5.41) is 23.2. The number of fused-ring (bicyclic) bond motifs is 5. The lowest BCUT2D eigenvalue weighted by atomic mass is 9.46. The summed E-state index contributed by atoms with van der Waals surface area (Å²) in [6, 6.07) is 0. The van der Waals surface area contributed by atoms with Crippen molar-refractivity contribution in [3.8, 4) is 0 Å². The average molecular weight is 447 g/mol. The Kier molecular flexibility index (Phi) is 5.65. The summed E-state index contributed by atoms with van der Waals surface area (Å²) in [5.74, 6) is -0.826. The molecule has 4 aliphatic carbocycles. The van der Waals surface area contributed by atoms with Crippen molar-refractivity contribution >= 4 is 17.7 Å². The van der Waals surface area contributed by atoms with Crippen LogP contribution in [0.3, 0.4) is 0 Å². The van der Waals surface area contributed by atoms with Crippen LogP contribution in [0.5, 0.6) is 0 Å². The molecule has 0 amide bonds. The number of allylic oxidation sites excluding steroid dienone is 4. The van der Waals surface area contributed by atoms with E-state index < -0.39 is 41.1 Å². The Hall–Kier alpha value is -1.99. The van der Waals surface area contributed by atoms with E-state index in [1.807, 2.05) is 19.9 Å². The van der Waals surface area contributed by atoms with Gasteiger partial charge in [0.2, 0.25) is 5.78 Å². The van der Waals surface area contributed by atoms with E-state index in [2.05, 4.69) is 6.92 Å². The van der Waals surface area contributed by atoms with Crippen LogP contribution in [-0.2, 0) is 19.1 Å². The van der Waals surface area contributed by atoms with E-state index in [9.17, 15) is 24.6 Å². The molecule has 0 aliphatic heterocycles. The Balaban J connectivity index is 1.64. The highest BCUT2D eigenvalue weighted by atomic mass is 16.7. The lowest BCUT2D eigenvalue weighted by molar-refractivity contribution is -0.184. The van der Waals surface area contributed by atoms with Gasteiger partial charge in [-0.3, -0.25) is 9.59 Å². The fourth-order valence-electron chi connectivity index (χ4n) is 7.65. The minimum Gasteiger partial charge on any atom is -0.435 e. The largest absolute Gasteiger partial charge is 0.508 e. The quantitative estimate of drug-likeness (QED) is 0.639. The molecule has 0 aromatic carbocycles. The number of aliphatic hydroxyl groups excluding tert-OH is 1. The van der Waals surface area contributed by atoms with Gasteiger partial charge in [0, 0.05) is 16.7 Å². The molecule has 4 aliphatic rings. The summed E-state index contributed by atoms with van der Waals surface area (Å²) < 4.78 is 9.68. The van der Waals surface area contributed by atoms with Gasteiger partial charge < -0.3 is 19.7 Å². The van der Waals surface area contributed by atoms with Gasteiger partial charge in [0.15, 0.2) is 12.4 Å². The van der Waals surface area contributed by atoms with Gasteiger partial charge in [0.1, 0.15) is 5.60 Å². The smallest absolute Gasteiger partial charge is 0.435 e. The van der Waals surface area contributed by atoms with Gasteiger partial charge in [-0.15, -0.1) is 0 Å². The molecule has 3 unspecified atom stereocenters. The fourth-order valence-corrected chi connectivity index (χ4v) is 7.65. The molecule has 0 saturated heterocycles. The van der Waals surface area contributed by atoms with Gasteiger partial charge in [-0.25, -0.2) is 4.79 Å². The molecule has 0 aromatic rings. The summed E-state index contributed by atoms with van der Waals surface area (Å²) in [6.07, 6.45) is 6.08. The standard InChI is InChI=1S/C25H34O7/c1-5-31-22(29)32-13-20(28)25(30)14(2)10-18-17-7-6-15-11-16(26)8-9-23(15,3)21(17)19(27)12-24(18,25)4/h8-9,11,14,17-19,21,27,30H,5-7,10,12-13H2,1-4H3/t14-,17?,18?,19-,21?,23+,24+,25+/m1/s1. The first-order chi connectivity index (χ1) is 15.0. The zero-order valence-electron chi connectivity index (χ0n) is 19.3. The maximum Gasteiger partial charge on any atom is 0.508 e. The highest BCUT2D eigenvalue weighted by molar-refractivity contribution is 6.01. The van der Waals surface area contributed by atoms with E-state index in [-0.39, 0.29) is 42.5 Å². The van der Waals surface area contributed by atoms with E-state index in [1.165, 1.54) is 0 Å². The monoisotopic (exact) mass is 446 g/mol. The Morgan fingerprint density at radius 3 is 2.66 bits per heavy atom. The molecule has 7 heteroatoms. The van der Waals surface area contributed by atoms with Crippen LogP contribution in [0.25, 0.3) is 0 Å². The molecule has 3 fully saturated rings. The van der Waals surface area contributed by atoms with Crippen molar-refractivity contribution < 1.29 is 34.1 Å². The van der Waals surface area contributed by atoms with Crippen LogP contribution in [0.2, 0.25) is 0 Å². The average Bonchev–Trinajstić information content (AvgIpc) is 2.93. The van der Waals surface area contributed by atoms with E-state index in [1.54, 1.807) is 19.1 Å². The second kappa shape index (κ2) is 7.80. The molecule has 0 aromatic heterocycles. The Bertz CT molecular complexity index is 891. The van der Waals surface area contributed by atoms with Crippen LogP contribution in [-0.4, -0.2) is 52.9 Å². The van der Waals surface area contributed by atoms with Crippen LogP contribution in [0, 0.1) is 34.5 Å². The molecular weight excluding hydrogens is 412 g/mol. The van der Waals surface area contributed by atoms with Gasteiger partial charge >= 0.3 is 6.16 Å². The number of Topliss-reactive ketones (excluding diaryl/α,β-unsaturated/α-hetero) is 1. The topological polar surface area (TPSA) is 110 Å². The summed E-state index contributed by atoms with van der Waals surface area (Å²) in [4.78, 5) is 36.8. The summed E-state index contributed by atoms with van der Waals surface area (Å²) in [7, 11) is 0. The van der Waals surface area contributed by atoms with Crippen molar-refractivity contribution in [2.24, 2.45) is 34.5 Å². The van der Waals surface area contributed by atoms with Crippen molar-refractivity contribution in [1.29, 1.82) is 0 Å². The maximum atomic E-state index is 13.2. The molecule has 0 radical (unpaired) electrons. The SMILES string of the molecule is CCOC(=O)OCC(=O)[C@@]1(O)[C@H](C)CC2C3CCC4=CC(=O)C=C[C@]4(C)C3[C@H](O)C[C@@]21C. The van der Waals surface area contributed by atoms with E-state index >= 15 is 0 Å². The lowest BCUT2D eigenvalue weighted by Gasteiger charge is -2.59. The maximum absolute atomic E-state index is 13.2. The van der Waals surface area contributed by atoms with Crippen molar-refractivity contribution in [2.45, 2.75) is 65.1 Å². The number of rotatable bonds is 4. The molecule has 0 heterocycles. The summed E-state index contributed by atoms with van der Waals surface area (Å²) >= 11 is 0. The third-order valence-corrected chi connectivity index (χ3v) is 9.09. The number of carbonyl (C=O) groups excluding carboxylic acids is 3. The van der Waals surface area contributed by atoms with Gasteiger partial charge in [0.05, 0.1) is 12.7 Å². The van der Waals surface area contributed by atoms with E-state index in [0.717, 1.165) is 18.4 Å². The van der Waals surface area contributed by atoms with Gasteiger partial charge in [-0.05, 0) is 62.5 Å². The van der Waals surface area contributed by atoms with Crippen LogP contribution in [0.1, 0.15) is 53.4 Å². The molecule has 0 bridgehead atoms. The third kappa shape index (κ3) is 3.11. The van der Waals surface area contributed by atoms with E-state index in [4.69, 9.17) is 9.47 Å². The third-order valence-electron chi connectivity index (χ3n) is 9.09. The second-order valence-corrected chi connectivity index (χ2v) is 10.5. The fraction of sp³-hybridized carbons (Fsp3) is 0.720. The number of ether oxygens (including phenoxy) is 2. The molecule has 4 rings (SSSR count). The van der Waals surface area contributed by atoms with Gasteiger partial charge in [-0.1, -0.05) is 32.4 Å². The molecule has 8 atom stereocenters. The predicted molar refractivity (Wildman–Crippen MR) is 115 cm³/mol. The molecule has 3 saturated carbocycles. The first-order valence-corrected chi connectivity index (χ1v) is 11.7. The number of ketones is 2. The number of carbonyl (C=O) groups is 3. The normalized spacial score (nSPS) is 44.8. The first kappa shape index (κ1) is 23.2. The molecule has 176 valence electrons. The van der Waals surface area contributed by atoms with Crippen molar-refractivity contribution in [2.75, 3.05) is 13.2 Å². The van der Waals surface area contributed by atoms with E-state index in [0.29, 0.717) is 6.42 Å². The molecule has 0 spiro atoms. The highest BCUT2D eigenvalue weighted by Gasteiger charge is 2.70. The predicted octanol–water partition coefficient (Wildman–Crippen LogP) is 2.98. The van der Waals surface area contributed by atoms with Crippen LogP contribution < -0.4 is 0 Å². The Morgan fingerprint density at radius 1 is 1.25 bits per heavy atom. The molecule has 32 heavy (non-hydrogen) atoms. The van der Waals surface area contributed by atoms with Crippen molar-refractivity contribution in [3.63, 3.8) is 0 Å². The van der Waals surface area contributed by atoms with Crippen LogP contribution in [0.15, 0.2) is 23.8 Å². The zero-order valence-corrected chi connectivity index (χ0v) is 19.3. The Morgan fingerprint density at radius 2 is 1.97 bits per heavy atom. The molecule has 2 N–H and O–H groups in total. The summed E-state index contributed by atoms with van der Waals surface area (Å²) in [5.41, 5.74) is -1.88. The van der Waals surface area contributed by atoms with Gasteiger partial charge in [0.25, 0.3) is 0 Å². The highest BCUT2D eigenvalue weighted by Crippen LogP contribution is 2.68. The van der Waals surface area contributed by atoms with Gasteiger partial charge in [-0.2, -0.15) is 0 Å². The number of hydrogen-bond acceptors (Lipinski definition) is 7.